The molecule has 2 aromatic carbocycles. The summed E-state index contributed by atoms with van der Waals surface area (Å²) in [6, 6.07) is 9.91. The molecule has 0 aliphatic heterocycles. The summed E-state index contributed by atoms with van der Waals surface area (Å²) in [5, 5.41) is 2.70. The van der Waals surface area contributed by atoms with E-state index >= 15 is 0 Å². The Balaban J connectivity index is 1.94. The van der Waals surface area contributed by atoms with E-state index in [2.05, 4.69) is 5.32 Å². The van der Waals surface area contributed by atoms with Crippen LogP contribution in [0.4, 0.5) is 10.1 Å². The predicted octanol–water partition coefficient (Wildman–Crippen LogP) is 3.77. The zero-order chi connectivity index (χ0) is 15.4. The number of rotatable bonds is 4. The minimum Gasteiger partial charge on any atom is -0.484 e. The number of benzene rings is 2. The number of hydrogen-bond acceptors (Lipinski definition) is 2. The molecule has 0 unspecified atom stereocenters. The predicted molar refractivity (Wildman–Crippen MR) is 81.2 cm³/mol. The molecule has 0 radical (unpaired) electrons. The quantitative estimate of drug-likeness (QED) is 0.929. The number of carbonyl (C=O) groups is 1. The van der Waals surface area contributed by atoms with Crippen LogP contribution >= 0.6 is 0 Å². The first-order chi connectivity index (χ1) is 9.95. The molecular formula is C17H18FNO2. The molecule has 0 spiro atoms. The molecule has 110 valence electrons. The van der Waals surface area contributed by atoms with Gasteiger partial charge in [0, 0.05) is 5.69 Å². The third-order valence-electron chi connectivity index (χ3n) is 3.31. The summed E-state index contributed by atoms with van der Waals surface area (Å²) in [6.07, 6.45) is 0. The fourth-order valence-corrected chi connectivity index (χ4v) is 1.91. The molecule has 0 fully saturated rings. The van der Waals surface area contributed by atoms with Gasteiger partial charge >= 0.3 is 0 Å². The van der Waals surface area contributed by atoms with E-state index in [1.54, 1.807) is 13.0 Å². The zero-order valence-electron chi connectivity index (χ0n) is 12.4. The minimum absolute atomic E-state index is 0.0840. The molecule has 0 aliphatic rings. The van der Waals surface area contributed by atoms with Crippen LogP contribution in [0.1, 0.15) is 16.7 Å². The Morgan fingerprint density at radius 1 is 1.05 bits per heavy atom. The lowest BCUT2D eigenvalue weighted by Gasteiger charge is -2.10. The summed E-state index contributed by atoms with van der Waals surface area (Å²) in [7, 11) is 0. The van der Waals surface area contributed by atoms with Crippen LogP contribution in [0, 0.1) is 26.6 Å². The monoisotopic (exact) mass is 287 g/mol. The second-order valence-electron chi connectivity index (χ2n) is 5.04. The van der Waals surface area contributed by atoms with Crippen LogP contribution in [0.15, 0.2) is 36.4 Å². The van der Waals surface area contributed by atoms with Gasteiger partial charge in [-0.15, -0.1) is 0 Å². The molecule has 2 aromatic rings. The van der Waals surface area contributed by atoms with Crippen molar-refractivity contribution in [3.63, 3.8) is 0 Å². The van der Waals surface area contributed by atoms with Gasteiger partial charge in [-0.1, -0.05) is 6.07 Å². The summed E-state index contributed by atoms with van der Waals surface area (Å²) in [6.45, 7) is 5.66. The van der Waals surface area contributed by atoms with Crippen LogP contribution in [-0.2, 0) is 4.79 Å². The number of halogens is 1. The van der Waals surface area contributed by atoms with Crippen LogP contribution in [0.25, 0.3) is 0 Å². The molecule has 1 amide bonds. The molecular weight excluding hydrogens is 269 g/mol. The molecule has 0 saturated heterocycles. The number of carbonyl (C=O) groups excluding carboxylic acids is 1. The van der Waals surface area contributed by atoms with Crippen molar-refractivity contribution >= 4 is 11.6 Å². The molecule has 2 rings (SSSR count). The SMILES string of the molecule is Cc1ccc(OCC(=O)Nc2ccc(F)cc2C)cc1C. The van der Waals surface area contributed by atoms with Gasteiger partial charge in [-0.2, -0.15) is 0 Å². The van der Waals surface area contributed by atoms with Crippen LogP contribution in [-0.4, -0.2) is 12.5 Å². The van der Waals surface area contributed by atoms with E-state index in [1.807, 2.05) is 32.0 Å². The molecule has 3 nitrogen and oxygen atoms in total. The highest BCUT2D eigenvalue weighted by atomic mass is 19.1. The van der Waals surface area contributed by atoms with Gasteiger partial charge in [0.05, 0.1) is 0 Å². The summed E-state index contributed by atoms with van der Waals surface area (Å²) in [5.74, 6) is 0.0592. The number of aryl methyl sites for hydroxylation is 3. The summed E-state index contributed by atoms with van der Waals surface area (Å²) in [5.41, 5.74) is 3.55. The van der Waals surface area contributed by atoms with E-state index in [0.29, 0.717) is 17.0 Å². The first-order valence-electron chi connectivity index (χ1n) is 6.72. The molecule has 1 N–H and O–H groups in total. The zero-order valence-corrected chi connectivity index (χ0v) is 12.4. The normalized spacial score (nSPS) is 10.3. The van der Waals surface area contributed by atoms with Crippen LogP contribution < -0.4 is 10.1 Å². The highest BCUT2D eigenvalue weighted by Crippen LogP contribution is 2.17. The molecule has 0 heterocycles. The summed E-state index contributed by atoms with van der Waals surface area (Å²) in [4.78, 5) is 11.8. The Hall–Kier alpha value is -2.36. The maximum atomic E-state index is 13.0. The first kappa shape index (κ1) is 15.0. The Morgan fingerprint density at radius 2 is 1.81 bits per heavy atom. The number of nitrogens with one attached hydrogen (secondary N) is 1. The average Bonchev–Trinajstić information content (AvgIpc) is 2.43. The highest BCUT2D eigenvalue weighted by Gasteiger charge is 2.07. The lowest BCUT2D eigenvalue weighted by Crippen LogP contribution is -2.20. The van der Waals surface area contributed by atoms with Crippen molar-refractivity contribution in [1.82, 2.24) is 0 Å². The second-order valence-corrected chi connectivity index (χ2v) is 5.04. The van der Waals surface area contributed by atoms with Crippen molar-refractivity contribution in [3.8, 4) is 5.75 Å². The van der Waals surface area contributed by atoms with Crippen LogP contribution in [0.5, 0.6) is 5.75 Å². The van der Waals surface area contributed by atoms with Gasteiger partial charge in [-0.3, -0.25) is 4.79 Å². The topological polar surface area (TPSA) is 38.3 Å². The van der Waals surface area contributed by atoms with E-state index in [9.17, 15) is 9.18 Å². The fourth-order valence-electron chi connectivity index (χ4n) is 1.91. The van der Waals surface area contributed by atoms with Crippen molar-refractivity contribution in [3.05, 3.63) is 58.9 Å². The maximum Gasteiger partial charge on any atom is 0.262 e. The summed E-state index contributed by atoms with van der Waals surface area (Å²) < 4.78 is 18.4. The number of ether oxygens (including phenoxy) is 1. The van der Waals surface area contributed by atoms with Crippen molar-refractivity contribution in [2.75, 3.05) is 11.9 Å². The van der Waals surface area contributed by atoms with Crippen molar-refractivity contribution < 1.29 is 13.9 Å². The Labute approximate surface area is 123 Å². The second kappa shape index (κ2) is 6.39. The largest absolute Gasteiger partial charge is 0.484 e. The van der Waals surface area contributed by atoms with Crippen molar-refractivity contribution in [2.24, 2.45) is 0 Å². The molecule has 0 aliphatic carbocycles. The number of amides is 1. The smallest absolute Gasteiger partial charge is 0.262 e. The van der Waals surface area contributed by atoms with E-state index in [1.165, 1.54) is 17.7 Å². The maximum absolute atomic E-state index is 13.0. The van der Waals surface area contributed by atoms with Crippen molar-refractivity contribution in [2.45, 2.75) is 20.8 Å². The fraction of sp³-hybridized carbons (Fsp3) is 0.235. The lowest BCUT2D eigenvalue weighted by atomic mass is 10.1. The average molecular weight is 287 g/mol. The van der Waals surface area contributed by atoms with Gasteiger partial charge < -0.3 is 10.1 Å². The molecule has 0 bridgehead atoms. The van der Waals surface area contributed by atoms with E-state index in [4.69, 9.17) is 4.74 Å². The van der Waals surface area contributed by atoms with Gasteiger partial charge in [0.2, 0.25) is 0 Å². The van der Waals surface area contributed by atoms with Crippen LogP contribution in [0.2, 0.25) is 0 Å². The summed E-state index contributed by atoms with van der Waals surface area (Å²) >= 11 is 0. The molecule has 0 atom stereocenters. The molecule has 0 aromatic heterocycles. The molecule has 21 heavy (non-hydrogen) atoms. The first-order valence-corrected chi connectivity index (χ1v) is 6.72. The third-order valence-corrected chi connectivity index (χ3v) is 3.31. The minimum atomic E-state index is -0.322. The van der Waals surface area contributed by atoms with Crippen LogP contribution in [0.3, 0.4) is 0 Å². The van der Waals surface area contributed by atoms with Gasteiger partial charge in [0.25, 0.3) is 5.91 Å². The standard InChI is InChI=1S/C17H18FNO2/c1-11-4-6-15(9-12(11)2)21-10-17(20)19-16-7-5-14(18)8-13(16)3/h4-9H,10H2,1-3H3,(H,19,20). The van der Waals surface area contributed by atoms with Gasteiger partial charge in [0.15, 0.2) is 6.61 Å². The van der Waals surface area contributed by atoms with Crippen molar-refractivity contribution in [1.29, 1.82) is 0 Å². The third kappa shape index (κ3) is 4.05. The molecule has 4 heteroatoms. The van der Waals surface area contributed by atoms with E-state index in [-0.39, 0.29) is 18.3 Å². The van der Waals surface area contributed by atoms with E-state index in [0.717, 1.165) is 5.56 Å². The van der Waals surface area contributed by atoms with Gasteiger partial charge in [0.1, 0.15) is 11.6 Å². The lowest BCUT2D eigenvalue weighted by molar-refractivity contribution is -0.118. The van der Waals surface area contributed by atoms with Gasteiger partial charge in [-0.25, -0.2) is 4.39 Å². The highest BCUT2D eigenvalue weighted by molar-refractivity contribution is 5.92. The Morgan fingerprint density at radius 3 is 2.48 bits per heavy atom. The number of hydrogen-bond donors (Lipinski definition) is 1. The van der Waals surface area contributed by atoms with E-state index < -0.39 is 0 Å². The van der Waals surface area contributed by atoms with Gasteiger partial charge in [-0.05, 0) is 67.8 Å². The molecule has 0 saturated carbocycles. The Kier molecular flexibility index (Phi) is 4.58. The number of anilines is 1. The Bertz CT molecular complexity index is 668.